The van der Waals surface area contributed by atoms with Crippen molar-refractivity contribution in [2.45, 2.75) is 13.5 Å². The van der Waals surface area contributed by atoms with Crippen molar-refractivity contribution in [2.24, 2.45) is 0 Å². The van der Waals surface area contributed by atoms with E-state index in [1.165, 1.54) is 0 Å². The summed E-state index contributed by atoms with van der Waals surface area (Å²) in [6.45, 7) is 6.29. The number of aromatic carboxylic acids is 1. The van der Waals surface area contributed by atoms with E-state index in [9.17, 15) is 9.90 Å². The third-order valence-corrected chi connectivity index (χ3v) is 3.83. The molecule has 0 saturated carbocycles. The lowest BCUT2D eigenvalue weighted by molar-refractivity contribution is 0.0686. The highest BCUT2D eigenvalue weighted by Gasteiger charge is 2.14. The number of benzene rings is 2. The lowest BCUT2D eigenvalue weighted by Crippen LogP contribution is -2.09. The first-order valence-electron chi connectivity index (χ1n) is 7.13. The van der Waals surface area contributed by atoms with Crippen LogP contribution in [0, 0.1) is 6.92 Å². The highest BCUT2D eigenvalue weighted by molar-refractivity contribution is 5.94. The molecule has 0 aliphatic rings. The van der Waals surface area contributed by atoms with E-state index in [0.717, 1.165) is 27.6 Å². The molecule has 0 spiro atoms. The quantitative estimate of drug-likeness (QED) is 0.777. The zero-order valence-corrected chi connectivity index (χ0v) is 12.4. The number of carboxylic acids is 1. The van der Waals surface area contributed by atoms with Crippen LogP contribution in [0.15, 0.2) is 55.1 Å². The Balaban J connectivity index is 2.10. The molecule has 0 bridgehead atoms. The van der Waals surface area contributed by atoms with Crippen LogP contribution in [0.2, 0.25) is 0 Å². The van der Waals surface area contributed by atoms with Gasteiger partial charge in [0.1, 0.15) is 5.69 Å². The minimum Gasteiger partial charge on any atom is -0.477 e. The normalized spacial score (nSPS) is 10.8. The van der Waals surface area contributed by atoms with Gasteiger partial charge in [0, 0.05) is 17.4 Å². The highest BCUT2D eigenvalue weighted by Crippen LogP contribution is 2.23. The molecule has 0 amide bonds. The molecule has 0 aliphatic carbocycles. The highest BCUT2D eigenvalue weighted by atomic mass is 16.4. The lowest BCUT2D eigenvalue weighted by atomic mass is 10.1. The van der Waals surface area contributed by atoms with Crippen molar-refractivity contribution < 1.29 is 9.90 Å². The van der Waals surface area contributed by atoms with Crippen LogP contribution in [0.1, 0.15) is 27.2 Å². The van der Waals surface area contributed by atoms with E-state index in [-0.39, 0.29) is 0 Å². The number of fused-ring (bicyclic) bond motifs is 1. The number of nitrogens with zero attached hydrogens (tertiary/aromatic N) is 1. The molecule has 22 heavy (non-hydrogen) atoms. The van der Waals surface area contributed by atoms with Crippen molar-refractivity contribution in [2.75, 3.05) is 0 Å². The second-order valence-electron chi connectivity index (χ2n) is 5.43. The van der Waals surface area contributed by atoms with Gasteiger partial charge in [0.15, 0.2) is 0 Å². The van der Waals surface area contributed by atoms with Gasteiger partial charge in [0.2, 0.25) is 0 Å². The lowest BCUT2D eigenvalue weighted by Gasteiger charge is -2.09. The average Bonchev–Trinajstić information content (AvgIpc) is 2.86. The summed E-state index contributed by atoms with van der Waals surface area (Å²) in [5.41, 5.74) is 4.49. The number of carboxylic acid groups (broad SMARTS) is 1. The second-order valence-corrected chi connectivity index (χ2v) is 5.43. The van der Waals surface area contributed by atoms with E-state index in [1.807, 2.05) is 54.0 Å². The van der Waals surface area contributed by atoms with Crippen LogP contribution in [-0.2, 0) is 6.54 Å². The van der Waals surface area contributed by atoms with Gasteiger partial charge in [-0.05, 0) is 35.7 Å². The second kappa shape index (κ2) is 5.53. The van der Waals surface area contributed by atoms with Crippen molar-refractivity contribution in [1.82, 2.24) is 4.57 Å². The average molecular weight is 291 g/mol. The minimum absolute atomic E-state index is 0.313. The monoisotopic (exact) mass is 291 g/mol. The molecule has 0 fully saturated rings. The maximum absolute atomic E-state index is 11.5. The third kappa shape index (κ3) is 2.53. The van der Waals surface area contributed by atoms with Gasteiger partial charge in [0.25, 0.3) is 0 Å². The van der Waals surface area contributed by atoms with E-state index in [2.05, 4.69) is 6.58 Å². The molecule has 3 aromatic rings. The van der Waals surface area contributed by atoms with E-state index in [1.54, 1.807) is 12.1 Å². The molecule has 1 heterocycles. The molecule has 0 aliphatic heterocycles. The van der Waals surface area contributed by atoms with E-state index >= 15 is 0 Å². The number of hydrogen-bond donors (Lipinski definition) is 1. The summed E-state index contributed by atoms with van der Waals surface area (Å²) in [6.07, 6.45) is 1.79. The van der Waals surface area contributed by atoms with Crippen molar-refractivity contribution >= 4 is 22.9 Å². The van der Waals surface area contributed by atoms with E-state index < -0.39 is 5.97 Å². The van der Waals surface area contributed by atoms with Gasteiger partial charge >= 0.3 is 5.97 Å². The SMILES string of the molecule is C=Cc1ccc(Cn2c(C(=O)O)cc3ccc(C)cc32)cc1. The van der Waals surface area contributed by atoms with Crippen LogP contribution in [0.3, 0.4) is 0 Å². The van der Waals surface area contributed by atoms with Crippen molar-refractivity contribution in [1.29, 1.82) is 0 Å². The number of hydrogen-bond acceptors (Lipinski definition) is 1. The smallest absolute Gasteiger partial charge is 0.352 e. The Labute approximate surface area is 129 Å². The van der Waals surface area contributed by atoms with E-state index in [0.29, 0.717) is 12.2 Å². The summed E-state index contributed by atoms with van der Waals surface area (Å²) in [7, 11) is 0. The van der Waals surface area contributed by atoms with Gasteiger partial charge in [-0.2, -0.15) is 0 Å². The standard InChI is InChI=1S/C19H17NO2/c1-3-14-5-7-15(8-6-14)12-20-17-10-13(2)4-9-16(17)11-18(20)19(21)22/h3-11H,1,12H2,2H3,(H,21,22). The molecular formula is C19H17NO2. The fourth-order valence-electron chi connectivity index (χ4n) is 2.65. The first kappa shape index (κ1) is 14.1. The molecule has 1 aromatic heterocycles. The van der Waals surface area contributed by atoms with Gasteiger partial charge < -0.3 is 9.67 Å². The largest absolute Gasteiger partial charge is 0.477 e. The van der Waals surface area contributed by atoms with Gasteiger partial charge in [-0.15, -0.1) is 0 Å². The van der Waals surface area contributed by atoms with Crippen molar-refractivity contribution in [3.63, 3.8) is 0 Å². The Morgan fingerprint density at radius 2 is 1.91 bits per heavy atom. The molecule has 0 radical (unpaired) electrons. The van der Waals surface area contributed by atoms with Crippen molar-refractivity contribution in [3.05, 3.63) is 77.5 Å². The fraction of sp³-hybridized carbons (Fsp3) is 0.105. The maximum atomic E-state index is 11.5. The molecule has 0 saturated heterocycles. The summed E-state index contributed by atoms with van der Waals surface area (Å²) >= 11 is 0. The van der Waals surface area contributed by atoms with Gasteiger partial charge in [0.05, 0.1) is 0 Å². The molecule has 110 valence electrons. The van der Waals surface area contributed by atoms with Gasteiger partial charge in [-0.25, -0.2) is 4.79 Å². The number of aryl methyl sites for hydroxylation is 1. The summed E-state index contributed by atoms with van der Waals surface area (Å²) in [6, 6.07) is 15.7. The van der Waals surface area contributed by atoms with Crippen LogP contribution in [0.4, 0.5) is 0 Å². The summed E-state index contributed by atoms with van der Waals surface area (Å²) in [5, 5.41) is 10.4. The zero-order valence-electron chi connectivity index (χ0n) is 12.4. The maximum Gasteiger partial charge on any atom is 0.352 e. The minimum atomic E-state index is -0.906. The van der Waals surface area contributed by atoms with Crippen LogP contribution in [0.25, 0.3) is 17.0 Å². The van der Waals surface area contributed by atoms with Crippen LogP contribution in [-0.4, -0.2) is 15.6 Å². The molecule has 3 heteroatoms. The Morgan fingerprint density at radius 3 is 2.55 bits per heavy atom. The Hall–Kier alpha value is -2.81. The van der Waals surface area contributed by atoms with E-state index in [4.69, 9.17) is 0 Å². The Kier molecular flexibility index (Phi) is 3.55. The molecule has 0 unspecified atom stereocenters. The first-order chi connectivity index (χ1) is 10.6. The molecule has 3 nitrogen and oxygen atoms in total. The zero-order chi connectivity index (χ0) is 15.7. The van der Waals surface area contributed by atoms with Crippen LogP contribution >= 0.6 is 0 Å². The fourth-order valence-corrected chi connectivity index (χ4v) is 2.65. The Bertz CT molecular complexity index is 857. The third-order valence-electron chi connectivity index (χ3n) is 3.83. The van der Waals surface area contributed by atoms with Gasteiger partial charge in [-0.3, -0.25) is 0 Å². The predicted molar refractivity (Wildman–Crippen MR) is 89.3 cm³/mol. The molecule has 1 N–H and O–H groups in total. The molecular weight excluding hydrogens is 274 g/mol. The predicted octanol–water partition coefficient (Wildman–Crippen LogP) is 4.34. The molecule has 0 atom stereocenters. The topological polar surface area (TPSA) is 42.2 Å². The van der Waals surface area contributed by atoms with Gasteiger partial charge in [-0.1, -0.05) is 49.1 Å². The summed E-state index contributed by atoms with van der Waals surface area (Å²) in [4.78, 5) is 11.5. The number of aromatic nitrogens is 1. The molecule has 2 aromatic carbocycles. The first-order valence-corrected chi connectivity index (χ1v) is 7.13. The number of carbonyl (C=O) groups is 1. The number of rotatable bonds is 4. The Morgan fingerprint density at radius 1 is 1.18 bits per heavy atom. The van der Waals surface area contributed by atoms with Crippen LogP contribution in [0.5, 0.6) is 0 Å². The molecule has 3 rings (SSSR count). The van der Waals surface area contributed by atoms with Crippen LogP contribution < -0.4 is 0 Å². The summed E-state index contributed by atoms with van der Waals surface area (Å²) in [5.74, 6) is -0.906. The van der Waals surface area contributed by atoms with Crippen molar-refractivity contribution in [3.8, 4) is 0 Å². The summed E-state index contributed by atoms with van der Waals surface area (Å²) < 4.78 is 1.85.